The second-order valence-corrected chi connectivity index (χ2v) is 5.97. The predicted octanol–water partition coefficient (Wildman–Crippen LogP) is 4.52. The van der Waals surface area contributed by atoms with Crippen LogP contribution in [0.2, 0.25) is 5.02 Å². The molecule has 0 saturated carbocycles. The van der Waals surface area contributed by atoms with Gasteiger partial charge in [-0.15, -0.1) is 0 Å². The Bertz CT molecular complexity index is 521. The van der Waals surface area contributed by atoms with E-state index in [1.54, 1.807) is 12.1 Å². The van der Waals surface area contributed by atoms with Gasteiger partial charge in [-0.05, 0) is 40.9 Å². The Morgan fingerprint density at radius 1 is 1.40 bits per heavy atom. The summed E-state index contributed by atoms with van der Waals surface area (Å²) in [5.41, 5.74) is 0.226. The summed E-state index contributed by atoms with van der Waals surface area (Å²) in [5.74, 6) is -1.91. The van der Waals surface area contributed by atoms with E-state index in [0.29, 0.717) is 17.4 Å². The summed E-state index contributed by atoms with van der Waals surface area (Å²) < 4.78 is 38.8. The SMILES string of the molecule is O=C(c1cccc(Br)c1Cl)N1CCCC(C(F)(F)F)C1. The van der Waals surface area contributed by atoms with Gasteiger partial charge in [-0.3, -0.25) is 4.79 Å². The van der Waals surface area contributed by atoms with E-state index in [-0.39, 0.29) is 23.6 Å². The molecule has 1 atom stereocenters. The van der Waals surface area contributed by atoms with Crippen LogP contribution in [0.5, 0.6) is 0 Å². The lowest BCUT2D eigenvalue weighted by Crippen LogP contribution is -2.44. The van der Waals surface area contributed by atoms with Crippen molar-refractivity contribution in [1.29, 1.82) is 0 Å². The minimum absolute atomic E-state index is 0.0689. The van der Waals surface area contributed by atoms with Gasteiger partial charge in [0.1, 0.15) is 0 Å². The summed E-state index contributed by atoms with van der Waals surface area (Å²) in [6, 6.07) is 4.83. The molecule has 0 N–H and O–H groups in total. The quantitative estimate of drug-likeness (QED) is 0.712. The lowest BCUT2D eigenvalue weighted by atomic mass is 9.97. The van der Waals surface area contributed by atoms with E-state index >= 15 is 0 Å². The Labute approximate surface area is 128 Å². The predicted molar refractivity (Wildman–Crippen MR) is 73.8 cm³/mol. The van der Waals surface area contributed by atoms with Gasteiger partial charge >= 0.3 is 6.18 Å². The molecule has 0 aromatic heterocycles. The van der Waals surface area contributed by atoms with Gasteiger partial charge in [0.15, 0.2) is 0 Å². The smallest absolute Gasteiger partial charge is 0.338 e. The van der Waals surface area contributed by atoms with E-state index in [0.717, 1.165) is 0 Å². The maximum Gasteiger partial charge on any atom is 0.393 e. The number of benzene rings is 1. The van der Waals surface area contributed by atoms with Crippen LogP contribution in [0.3, 0.4) is 0 Å². The van der Waals surface area contributed by atoms with Crippen LogP contribution in [0.1, 0.15) is 23.2 Å². The first-order valence-corrected chi connectivity index (χ1v) is 7.28. The third kappa shape index (κ3) is 3.28. The van der Waals surface area contributed by atoms with Crippen molar-refractivity contribution in [1.82, 2.24) is 4.90 Å². The number of halogens is 5. The van der Waals surface area contributed by atoms with Gasteiger partial charge in [-0.2, -0.15) is 13.2 Å². The number of amides is 1. The van der Waals surface area contributed by atoms with Crippen molar-refractivity contribution >= 4 is 33.4 Å². The molecule has 1 fully saturated rings. The zero-order valence-corrected chi connectivity index (χ0v) is 12.7. The Kier molecular flexibility index (Phi) is 4.64. The number of alkyl halides is 3. The summed E-state index contributed by atoms with van der Waals surface area (Å²) in [6.45, 7) is 0.0272. The molecule has 1 aromatic rings. The lowest BCUT2D eigenvalue weighted by Gasteiger charge is -2.34. The maximum atomic E-state index is 12.8. The van der Waals surface area contributed by atoms with Crippen LogP contribution in [-0.2, 0) is 0 Å². The molecule has 0 spiro atoms. The highest BCUT2D eigenvalue weighted by atomic mass is 79.9. The molecular weight excluding hydrogens is 359 g/mol. The number of piperidine rings is 1. The molecule has 1 amide bonds. The summed E-state index contributed by atoms with van der Waals surface area (Å²) in [6.07, 6.45) is -3.85. The molecule has 1 unspecified atom stereocenters. The first-order chi connectivity index (χ1) is 9.30. The topological polar surface area (TPSA) is 20.3 Å². The lowest BCUT2D eigenvalue weighted by molar-refractivity contribution is -0.184. The van der Waals surface area contributed by atoms with Crippen LogP contribution < -0.4 is 0 Å². The van der Waals surface area contributed by atoms with E-state index < -0.39 is 18.0 Å². The number of carbonyl (C=O) groups excluding carboxylic acids is 1. The van der Waals surface area contributed by atoms with Crippen LogP contribution in [0.4, 0.5) is 13.2 Å². The molecule has 1 aliphatic heterocycles. The molecule has 1 heterocycles. The van der Waals surface area contributed by atoms with Gasteiger partial charge < -0.3 is 4.90 Å². The molecule has 0 bridgehead atoms. The molecule has 1 saturated heterocycles. The molecule has 7 heteroatoms. The fourth-order valence-corrected chi connectivity index (χ4v) is 2.84. The zero-order valence-electron chi connectivity index (χ0n) is 10.4. The molecule has 110 valence electrons. The molecule has 1 aromatic carbocycles. The maximum absolute atomic E-state index is 12.8. The standard InChI is InChI=1S/C13H12BrClF3NO/c14-10-5-1-4-9(11(10)15)12(20)19-6-2-3-8(7-19)13(16,17)18/h1,4-5,8H,2-3,6-7H2. The van der Waals surface area contributed by atoms with Crippen LogP contribution in [0, 0.1) is 5.92 Å². The van der Waals surface area contributed by atoms with Crippen molar-refractivity contribution in [2.75, 3.05) is 13.1 Å². The molecule has 0 aliphatic carbocycles. The number of nitrogens with zero attached hydrogens (tertiary/aromatic N) is 1. The number of hydrogen-bond acceptors (Lipinski definition) is 1. The van der Waals surface area contributed by atoms with Gasteiger partial charge in [0.05, 0.1) is 16.5 Å². The van der Waals surface area contributed by atoms with Crippen LogP contribution in [-0.4, -0.2) is 30.1 Å². The van der Waals surface area contributed by atoms with Crippen molar-refractivity contribution in [2.24, 2.45) is 5.92 Å². The van der Waals surface area contributed by atoms with Crippen LogP contribution in [0.15, 0.2) is 22.7 Å². The van der Waals surface area contributed by atoms with Crippen molar-refractivity contribution in [2.45, 2.75) is 19.0 Å². The first-order valence-electron chi connectivity index (χ1n) is 6.10. The highest BCUT2D eigenvalue weighted by Crippen LogP contribution is 2.34. The third-order valence-corrected chi connectivity index (χ3v) is 4.65. The minimum atomic E-state index is -4.26. The van der Waals surface area contributed by atoms with E-state index in [1.807, 2.05) is 0 Å². The van der Waals surface area contributed by atoms with E-state index in [4.69, 9.17) is 11.6 Å². The van der Waals surface area contributed by atoms with Crippen molar-refractivity contribution in [3.05, 3.63) is 33.3 Å². The Hall–Kier alpha value is -0.750. The summed E-state index contributed by atoms with van der Waals surface area (Å²) in [5, 5.41) is 0.228. The van der Waals surface area contributed by atoms with E-state index in [9.17, 15) is 18.0 Å². The zero-order chi connectivity index (χ0) is 14.9. The minimum Gasteiger partial charge on any atom is -0.338 e. The number of carbonyl (C=O) groups is 1. The summed E-state index contributed by atoms with van der Waals surface area (Å²) >= 11 is 9.22. The van der Waals surface area contributed by atoms with Crippen LogP contribution in [0.25, 0.3) is 0 Å². The highest BCUT2D eigenvalue weighted by molar-refractivity contribution is 9.10. The Morgan fingerprint density at radius 3 is 2.75 bits per heavy atom. The average molecular weight is 371 g/mol. The van der Waals surface area contributed by atoms with Gasteiger partial charge in [-0.1, -0.05) is 17.7 Å². The van der Waals surface area contributed by atoms with Gasteiger partial charge in [0, 0.05) is 17.6 Å². The molecular formula is C13H12BrClF3NO. The Morgan fingerprint density at radius 2 is 2.10 bits per heavy atom. The molecule has 20 heavy (non-hydrogen) atoms. The van der Waals surface area contributed by atoms with Gasteiger partial charge in [0.2, 0.25) is 0 Å². The van der Waals surface area contributed by atoms with Gasteiger partial charge in [0.25, 0.3) is 5.91 Å². The summed E-state index contributed by atoms with van der Waals surface area (Å²) in [7, 11) is 0. The van der Waals surface area contributed by atoms with Gasteiger partial charge in [-0.25, -0.2) is 0 Å². The van der Waals surface area contributed by atoms with Crippen molar-refractivity contribution in [3.8, 4) is 0 Å². The second kappa shape index (κ2) is 5.93. The number of likely N-dealkylation sites (tertiary alicyclic amines) is 1. The summed E-state index contributed by atoms with van der Waals surface area (Å²) in [4.78, 5) is 13.5. The molecule has 0 radical (unpaired) electrons. The average Bonchev–Trinajstić information content (AvgIpc) is 2.40. The number of hydrogen-bond donors (Lipinski definition) is 0. The van der Waals surface area contributed by atoms with E-state index in [2.05, 4.69) is 15.9 Å². The van der Waals surface area contributed by atoms with Crippen LogP contribution >= 0.6 is 27.5 Å². The molecule has 2 nitrogen and oxygen atoms in total. The number of rotatable bonds is 1. The largest absolute Gasteiger partial charge is 0.393 e. The molecule has 2 rings (SSSR count). The Balaban J connectivity index is 2.19. The third-order valence-electron chi connectivity index (χ3n) is 3.35. The van der Waals surface area contributed by atoms with Crippen molar-refractivity contribution < 1.29 is 18.0 Å². The van der Waals surface area contributed by atoms with Crippen molar-refractivity contribution in [3.63, 3.8) is 0 Å². The fourth-order valence-electron chi connectivity index (χ4n) is 2.27. The van der Waals surface area contributed by atoms with E-state index in [1.165, 1.54) is 11.0 Å². The fraction of sp³-hybridized carbons (Fsp3) is 0.462. The monoisotopic (exact) mass is 369 g/mol. The molecule has 1 aliphatic rings. The first kappa shape index (κ1) is 15.6. The normalized spacial score (nSPS) is 20.1. The highest BCUT2D eigenvalue weighted by Gasteiger charge is 2.42. The second-order valence-electron chi connectivity index (χ2n) is 4.73.